The summed E-state index contributed by atoms with van der Waals surface area (Å²) < 4.78 is 28.1. The fraction of sp³-hybridized carbons (Fsp3) is 0.190. The van der Waals surface area contributed by atoms with E-state index in [2.05, 4.69) is 4.72 Å². The second-order valence-corrected chi connectivity index (χ2v) is 8.48. The van der Waals surface area contributed by atoms with Gasteiger partial charge in [-0.25, -0.2) is 8.42 Å². The van der Waals surface area contributed by atoms with Crippen LogP contribution in [0.5, 0.6) is 0 Å². The second kappa shape index (κ2) is 6.39. The molecule has 0 fully saturated rings. The number of sulfonamides is 1. The van der Waals surface area contributed by atoms with Gasteiger partial charge in [0.05, 0.1) is 17.1 Å². The van der Waals surface area contributed by atoms with E-state index in [0.717, 1.165) is 27.6 Å². The first-order valence-electron chi connectivity index (χ1n) is 8.83. The van der Waals surface area contributed by atoms with E-state index in [-0.39, 0.29) is 11.7 Å². The maximum absolute atomic E-state index is 12.7. The van der Waals surface area contributed by atoms with E-state index in [4.69, 9.17) is 0 Å². The normalized spacial score (nSPS) is 13.4. The lowest BCUT2D eigenvalue weighted by Crippen LogP contribution is -2.25. The minimum atomic E-state index is -3.58. The first kappa shape index (κ1) is 17.5. The molecule has 0 atom stereocenters. The van der Waals surface area contributed by atoms with Gasteiger partial charge in [0.15, 0.2) is 0 Å². The fourth-order valence-corrected chi connectivity index (χ4v) is 4.77. The largest absolute Gasteiger partial charge is 0.308 e. The molecule has 0 unspecified atom stereocenters. The molecular formula is C21H20N2O3S. The Morgan fingerprint density at radius 1 is 1.00 bits per heavy atom. The number of carbonyl (C=O) groups is 1. The number of nitrogens with one attached hydrogen (secondary N) is 1. The van der Waals surface area contributed by atoms with Gasteiger partial charge in [0, 0.05) is 22.9 Å². The molecule has 0 aromatic heterocycles. The smallest absolute Gasteiger partial charge is 0.258 e. The van der Waals surface area contributed by atoms with E-state index in [0.29, 0.717) is 17.8 Å². The molecule has 0 saturated heterocycles. The number of aryl methyl sites for hydroxylation is 1. The summed E-state index contributed by atoms with van der Waals surface area (Å²) in [5.41, 5.74) is 3.75. The zero-order valence-electron chi connectivity index (χ0n) is 15.2. The lowest BCUT2D eigenvalue weighted by Gasteiger charge is -2.16. The number of nitrogens with zero attached hydrogens (tertiary/aromatic N) is 1. The molecule has 5 nitrogen and oxygen atoms in total. The Kier molecular flexibility index (Phi) is 4.15. The standard InChI is InChI=1S/C21H20N2O3S/c1-3-23-19-12-11-18(16-5-4-6-17(20(16)19)21(23)24)22-27(25,26)13-15-9-7-14(2)8-10-15/h4-12,22H,3,13H2,1-2H3. The van der Waals surface area contributed by atoms with Gasteiger partial charge in [-0.15, -0.1) is 0 Å². The molecule has 1 amide bonds. The third-order valence-corrected chi connectivity index (χ3v) is 6.09. The van der Waals surface area contributed by atoms with Crippen LogP contribution in [-0.2, 0) is 15.8 Å². The van der Waals surface area contributed by atoms with Crippen molar-refractivity contribution in [3.05, 3.63) is 71.3 Å². The summed E-state index contributed by atoms with van der Waals surface area (Å²) in [4.78, 5) is 14.3. The Hall–Kier alpha value is -2.86. The van der Waals surface area contributed by atoms with Gasteiger partial charge in [0.2, 0.25) is 10.0 Å². The quantitative estimate of drug-likeness (QED) is 0.726. The predicted octanol–water partition coefficient (Wildman–Crippen LogP) is 4.07. The van der Waals surface area contributed by atoms with Crippen molar-refractivity contribution >= 4 is 38.1 Å². The SMILES string of the molecule is CCN1C(=O)c2cccc3c(NS(=O)(=O)Cc4ccc(C)cc4)ccc1c23. The summed E-state index contributed by atoms with van der Waals surface area (Å²) >= 11 is 0. The maximum Gasteiger partial charge on any atom is 0.258 e. The van der Waals surface area contributed by atoms with Crippen LogP contribution >= 0.6 is 0 Å². The Bertz CT molecular complexity index is 1150. The van der Waals surface area contributed by atoms with Crippen LogP contribution in [0.15, 0.2) is 54.6 Å². The van der Waals surface area contributed by atoms with Gasteiger partial charge < -0.3 is 4.90 Å². The van der Waals surface area contributed by atoms with Crippen molar-refractivity contribution in [3.8, 4) is 0 Å². The molecule has 0 bridgehead atoms. The van der Waals surface area contributed by atoms with E-state index in [1.807, 2.05) is 50.2 Å². The molecule has 0 aliphatic carbocycles. The summed E-state index contributed by atoms with van der Waals surface area (Å²) in [6, 6.07) is 16.4. The van der Waals surface area contributed by atoms with Gasteiger partial charge in [0.25, 0.3) is 5.91 Å². The molecule has 0 saturated carbocycles. The molecule has 1 N–H and O–H groups in total. The number of amides is 1. The Morgan fingerprint density at radius 3 is 2.44 bits per heavy atom. The van der Waals surface area contributed by atoms with Crippen LogP contribution in [0.2, 0.25) is 0 Å². The molecule has 0 spiro atoms. The van der Waals surface area contributed by atoms with Crippen molar-refractivity contribution < 1.29 is 13.2 Å². The summed E-state index contributed by atoms with van der Waals surface area (Å²) in [5, 5.41) is 1.54. The van der Waals surface area contributed by atoms with Crippen LogP contribution in [0.3, 0.4) is 0 Å². The second-order valence-electron chi connectivity index (χ2n) is 6.76. The maximum atomic E-state index is 12.7. The van der Waals surface area contributed by atoms with Gasteiger partial charge in [-0.05, 0) is 37.6 Å². The van der Waals surface area contributed by atoms with Gasteiger partial charge in [-0.2, -0.15) is 0 Å². The van der Waals surface area contributed by atoms with Crippen molar-refractivity contribution in [3.63, 3.8) is 0 Å². The van der Waals surface area contributed by atoms with Gasteiger partial charge >= 0.3 is 0 Å². The zero-order valence-corrected chi connectivity index (χ0v) is 16.0. The topological polar surface area (TPSA) is 66.5 Å². The van der Waals surface area contributed by atoms with E-state index < -0.39 is 10.0 Å². The summed E-state index contributed by atoms with van der Waals surface area (Å²) in [7, 11) is -3.58. The number of benzene rings is 3. The van der Waals surface area contributed by atoms with Crippen LogP contribution in [0.25, 0.3) is 10.8 Å². The molecule has 3 aromatic carbocycles. The fourth-order valence-electron chi connectivity index (χ4n) is 3.56. The van der Waals surface area contributed by atoms with Gasteiger partial charge in [0.1, 0.15) is 0 Å². The Morgan fingerprint density at radius 2 is 1.74 bits per heavy atom. The van der Waals surface area contributed by atoms with Crippen LogP contribution in [0.4, 0.5) is 11.4 Å². The third-order valence-electron chi connectivity index (χ3n) is 4.84. The van der Waals surface area contributed by atoms with Crippen molar-refractivity contribution in [2.75, 3.05) is 16.2 Å². The van der Waals surface area contributed by atoms with Crippen LogP contribution in [-0.4, -0.2) is 20.9 Å². The lowest BCUT2D eigenvalue weighted by atomic mass is 10.0. The van der Waals surface area contributed by atoms with Crippen molar-refractivity contribution in [1.29, 1.82) is 0 Å². The minimum absolute atomic E-state index is 0.0437. The molecule has 138 valence electrons. The van der Waals surface area contributed by atoms with Crippen molar-refractivity contribution in [2.24, 2.45) is 0 Å². The molecule has 1 aliphatic heterocycles. The third kappa shape index (κ3) is 3.06. The zero-order chi connectivity index (χ0) is 19.2. The number of anilines is 2. The van der Waals surface area contributed by atoms with E-state index in [1.165, 1.54) is 0 Å². The molecule has 4 rings (SSSR count). The summed E-state index contributed by atoms with van der Waals surface area (Å²) in [5.74, 6) is -0.145. The average molecular weight is 380 g/mol. The molecule has 3 aromatic rings. The summed E-state index contributed by atoms with van der Waals surface area (Å²) in [6.07, 6.45) is 0. The molecule has 27 heavy (non-hydrogen) atoms. The number of rotatable bonds is 5. The number of hydrogen-bond acceptors (Lipinski definition) is 3. The monoisotopic (exact) mass is 380 g/mol. The lowest BCUT2D eigenvalue weighted by molar-refractivity contribution is 0.0994. The number of carbonyl (C=O) groups excluding carboxylic acids is 1. The van der Waals surface area contributed by atoms with Crippen LogP contribution in [0, 0.1) is 6.92 Å². The van der Waals surface area contributed by atoms with E-state index in [9.17, 15) is 13.2 Å². The highest BCUT2D eigenvalue weighted by molar-refractivity contribution is 7.91. The van der Waals surface area contributed by atoms with Crippen molar-refractivity contribution in [1.82, 2.24) is 0 Å². The highest BCUT2D eigenvalue weighted by Crippen LogP contribution is 2.40. The highest BCUT2D eigenvalue weighted by Gasteiger charge is 2.29. The molecule has 1 heterocycles. The average Bonchev–Trinajstić information content (AvgIpc) is 2.92. The highest BCUT2D eigenvalue weighted by atomic mass is 32.2. The molecule has 0 radical (unpaired) electrons. The van der Waals surface area contributed by atoms with Gasteiger partial charge in [-0.1, -0.05) is 42.0 Å². The van der Waals surface area contributed by atoms with E-state index in [1.54, 1.807) is 23.1 Å². The van der Waals surface area contributed by atoms with Crippen LogP contribution < -0.4 is 9.62 Å². The van der Waals surface area contributed by atoms with Crippen molar-refractivity contribution in [2.45, 2.75) is 19.6 Å². The number of hydrogen-bond donors (Lipinski definition) is 1. The van der Waals surface area contributed by atoms with Crippen LogP contribution in [0.1, 0.15) is 28.4 Å². The Labute approximate surface area is 158 Å². The van der Waals surface area contributed by atoms with E-state index >= 15 is 0 Å². The van der Waals surface area contributed by atoms with Gasteiger partial charge in [-0.3, -0.25) is 9.52 Å². The molecule has 6 heteroatoms. The molecular weight excluding hydrogens is 360 g/mol. The first-order valence-corrected chi connectivity index (χ1v) is 10.5. The summed E-state index contributed by atoms with van der Waals surface area (Å²) in [6.45, 7) is 4.46. The Balaban J connectivity index is 1.72. The first-order chi connectivity index (χ1) is 12.9. The predicted molar refractivity (Wildman–Crippen MR) is 109 cm³/mol. The minimum Gasteiger partial charge on any atom is -0.308 e. The molecule has 1 aliphatic rings.